The van der Waals surface area contributed by atoms with E-state index in [4.69, 9.17) is 4.98 Å². The molecule has 215 valence electrons. The number of imidazole rings is 1. The van der Waals surface area contributed by atoms with Gasteiger partial charge in [0.05, 0.1) is 5.82 Å². The summed E-state index contributed by atoms with van der Waals surface area (Å²) in [5.74, 6) is 2.16. The van der Waals surface area contributed by atoms with Crippen molar-refractivity contribution < 1.29 is 20.1 Å². The molecule has 1 heterocycles. The first-order chi connectivity index (χ1) is 20.3. The molecule has 0 spiro atoms. The monoisotopic (exact) mass is 728 g/mol. The van der Waals surface area contributed by atoms with Crippen molar-refractivity contribution in [2.24, 2.45) is 0 Å². The van der Waals surface area contributed by atoms with Gasteiger partial charge >= 0.3 is 0 Å². The summed E-state index contributed by atoms with van der Waals surface area (Å²) in [6.07, 6.45) is 17.3. The van der Waals surface area contributed by atoms with Gasteiger partial charge in [0.1, 0.15) is 0 Å². The van der Waals surface area contributed by atoms with Gasteiger partial charge in [-0.3, -0.25) is 4.98 Å². The fraction of sp³-hybridized carbons (Fsp3) is 0.308. The van der Waals surface area contributed by atoms with Gasteiger partial charge in [0.25, 0.3) is 0 Å². The van der Waals surface area contributed by atoms with Crippen molar-refractivity contribution in [2.75, 3.05) is 0 Å². The number of rotatable bonds is 6. The number of benzene rings is 4. The smallest absolute Gasteiger partial charge is 0.0603 e. The van der Waals surface area contributed by atoms with Crippen LogP contribution in [0.25, 0.3) is 39.3 Å². The Morgan fingerprint density at radius 2 is 1.14 bits per heavy atom. The number of hydrogen-bond acceptors (Lipinski definition) is 1. The molecule has 0 amide bonds. The second-order valence-corrected chi connectivity index (χ2v) is 12.0. The first-order valence-corrected chi connectivity index (χ1v) is 15.7. The number of aromatic nitrogens is 2. The normalized spacial score (nSPS) is 16.2. The van der Waals surface area contributed by atoms with Crippen LogP contribution in [0, 0.1) is 6.07 Å². The molecule has 0 bridgehead atoms. The third-order valence-corrected chi connectivity index (χ3v) is 9.40. The van der Waals surface area contributed by atoms with Crippen molar-refractivity contribution >= 4 is 0 Å². The predicted octanol–water partition coefficient (Wildman–Crippen LogP) is 10.8. The Labute approximate surface area is 264 Å². The molecule has 2 aliphatic carbocycles. The molecule has 3 heteroatoms. The topological polar surface area (TPSA) is 17.8 Å². The van der Waals surface area contributed by atoms with Crippen LogP contribution in [0.5, 0.6) is 0 Å². The van der Waals surface area contributed by atoms with Gasteiger partial charge in [-0.2, -0.15) is 0 Å². The average molecular weight is 728 g/mol. The van der Waals surface area contributed by atoms with E-state index in [1.165, 1.54) is 103 Å². The summed E-state index contributed by atoms with van der Waals surface area (Å²) in [5, 5.41) is 0. The van der Waals surface area contributed by atoms with E-state index < -0.39 is 0 Å². The molecule has 7 rings (SSSR count). The van der Waals surface area contributed by atoms with E-state index in [0.717, 1.165) is 11.4 Å². The van der Waals surface area contributed by atoms with Crippen molar-refractivity contribution in [3.05, 3.63) is 121 Å². The fourth-order valence-electron chi connectivity index (χ4n) is 7.29. The van der Waals surface area contributed by atoms with Gasteiger partial charge in [-0.25, -0.2) is 0 Å². The minimum Gasteiger partial charge on any atom is -0.340 e. The van der Waals surface area contributed by atoms with Crippen LogP contribution < -0.4 is 0 Å². The first kappa shape index (κ1) is 28.8. The summed E-state index contributed by atoms with van der Waals surface area (Å²) in [4.78, 5) is 4.98. The van der Waals surface area contributed by atoms with Gasteiger partial charge in [-0.15, -0.1) is 35.4 Å². The fourth-order valence-corrected chi connectivity index (χ4v) is 7.29. The van der Waals surface area contributed by atoms with Gasteiger partial charge in [0.15, 0.2) is 0 Å². The molecular formula is C39H39IrN2-. The molecule has 5 aromatic rings. The Balaban J connectivity index is 0.00000316. The quantitative estimate of drug-likeness (QED) is 0.159. The van der Waals surface area contributed by atoms with Gasteiger partial charge in [0, 0.05) is 38.2 Å². The van der Waals surface area contributed by atoms with Crippen LogP contribution in [0.1, 0.15) is 87.2 Å². The number of hydrogen-bond donors (Lipinski definition) is 0. The summed E-state index contributed by atoms with van der Waals surface area (Å²) >= 11 is 0. The third-order valence-electron chi connectivity index (χ3n) is 9.40. The maximum Gasteiger partial charge on any atom is 0.0603 e. The largest absolute Gasteiger partial charge is 0.340 e. The maximum absolute atomic E-state index is 4.98. The standard InChI is InChI=1S/C39H39N2.Ir/c1-5-14-29(15-6-1)33-22-13-23-34(26-33)39-40-24-25-41(39)38-36(31-18-9-3-10-19-31)27-35(30-16-7-2-8-17-30)28-37(38)32-20-11-4-12-21-32;/h1-2,5-8,13-17,22,24-28,31-32H,3-4,9-12,18-21H2;/q-1;. The van der Waals surface area contributed by atoms with Crippen LogP contribution in [0.2, 0.25) is 0 Å². The zero-order chi connectivity index (χ0) is 27.4. The summed E-state index contributed by atoms with van der Waals surface area (Å²) in [7, 11) is 0. The van der Waals surface area contributed by atoms with Crippen molar-refractivity contribution in [3.8, 4) is 39.3 Å². The van der Waals surface area contributed by atoms with E-state index in [9.17, 15) is 0 Å². The second kappa shape index (κ2) is 13.4. The Hall–Kier alpha value is -3.26. The van der Waals surface area contributed by atoms with E-state index in [1.807, 2.05) is 6.20 Å². The maximum atomic E-state index is 4.98. The van der Waals surface area contributed by atoms with E-state index in [-0.39, 0.29) is 20.1 Å². The van der Waals surface area contributed by atoms with Crippen molar-refractivity contribution in [2.45, 2.75) is 76.0 Å². The summed E-state index contributed by atoms with van der Waals surface area (Å²) < 4.78 is 2.42. The minimum atomic E-state index is 0. The molecule has 0 aliphatic heterocycles. The Morgan fingerprint density at radius 3 is 1.71 bits per heavy atom. The molecule has 0 N–H and O–H groups in total. The molecular weight excluding hydrogens is 689 g/mol. The predicted molar refractivity (Wildman–Crippen MR) is 170 cm³/mol. The minimum absolute atomic E-state index is 0. The van der Waals surface area contributed by atoms with Crippen LogP contribution in [-0.2, 0) is 20.1 Å². The molecule has 1 radical (unpaired) electrons. The van der Waals surface area contributed by atoms with Gasteiger partial charge in [0.2, 0.25) is 0 Å². The first-order valence-electron chi connectivity index (χ1n) is 15.7. The molecule has 0 saturated heterocycles. The molecule has 2 nitrogen and oxygen atoms in total. The molecule has 0 unspecified atom stereocenters. The van der Waals surface area contributed by atoms with Crippen LogP contribution in [-0.4, -0.2) is 9.55 Å². The van der Waals surface area contributed by atoms with Gasteiger partial charge in [-0.1, -0.05) is 99.2 Å². The van der Waals surface area contributed by atoms with Gasteiger partial charge < -0.3 is 4.57 Å². The van der Waals surface area contributed by atoms with Crippen molar-refractivity contribution in [1.82, 2.24) is 9.55 Å². The van der Waals surface area contributed by atoms with Gasteiger partial charge in [-0.05, 0) is 77.5 Å². The third kappa shape index (κ3) is 5.96. The average Bonchev–Trinajstić information content (AvgIpc) is 3.56. The van der Waals surface area contributed by atoms with E-state index >= 15 is 0 Å². The summed E-state index contributed by atoms with van der Waals surface area (Å²) in [5.41, 5.74) is 10.6. The van der Waals surface area contributed by atoms with Crippen LogP contribution in [0.3, 0.4) is 0 Å². The zero-order valence-corrected chi connectivity index (χ0v) is 26.7. The zero-order valence-electron chi connectivity index (χ0n) is 24.3. The SMILES string of the molecule is [Ir].[c-]1ccc(-c2ccccc2)cc1-c1nccn1-c1c(C2CCCCC2)cc(-c2ccccc2)cc1C1CCCCC1. The van der Waals surface area contributed by atoms with Crippen LogP contribution >= 0.6 is 0 Å². The molecule has 4 aromatic carbocycles. The van der Waals surface area contributed by atoms with E-state index in [2.05, 4.69) is 108 Å². The summed E-state index contributed by atoms with van der Waals surface area (Å²) in [6, 6.07) is 36.7. The van der Waals surface area contributed by atoms with Crippen molar-refractivity contribution in [1.29, 1.82) is 0 Å². The summed E-state index contributed by atoms with van der Waals surface area (Å²) in [6.45, 7) is 0. The molecule has 2 aliphatic rings. The Morgan fingerprint density at radius 1 is 0.595 bits per heavy atom. The van der Waals surface area contributed by atoms with Crippen LogP contribution in [0.4, 0.5) is 0 Å². The molecule has 1 aromatic heterocycles. The van der Waals surface area contributed by atoms with Crippen LogP contribution in [0.15, 0.2) is 103 Å². The molecule has 0 atom stereocenters. The number of nitrogens with zero attached hydrogens (tertiary/aromatic N) is 2. The molecule has 2 saturated carbocycles. The molecule has 42 heavy (non-hydrogen) atoms. The second-order valence-electron chi connectivity index (χ2n) is 12.0. The Kier molecular flexibility index (Phi) is 9.18. The van der Waals surface area contributed by atoms with E-state index in [1.54, 1.807) is 0 Å². The Bertz CT molecular complexity index is 1550. The van der Waals surface area contributed by atoms with Crippen molar-refractivity contribution in [3.63, 3.8) is 0 Å². The van der Waals surface area contributed by atoms with E-state index in [0.29, 0.717) is 11.8 Å². The molecule has 2 fully saturated rings.